The highest BCUT2D eigenvalue weighted by Gasteiger charge is 2.35. The number of nitrogens with two attached hydrogens (primary N) is 1. The normalized spacial score (nSPS) is 32.5. The van der Waals surface area contributed by atoms with E-state index in [1.54, 1.807) is 0 Å². The predicted octanol–water partition coefficient (Wildman–Crippen LogP) is -0.0274. The molecule has 2 aliphatic rings. The molecule has 1 heterocycles. The van der Waals surface area contributed by atoms with Crippen LogP contribution in [-0.2, 0) is 9.53 Å². The molecule has 0 bridgehead atoms. The molecule has 2 fully saturated rings. The summed E-state index contributed by atoms with van der Waals surface area (Å²) in [6.45, 7) is 2.33. The largest absolute Gasteiger partial charge is 0.379 e. The number of carbonyl (C=O) groups excluding carboxylic acids is 1. The van der Waals surface area contributed by atoms with Crippen molar-refractivity contribution in [2.75, 3.05) is 26.3 Å². The third kappa shape index (κ3) is 1.77. The van der Waals surface area contributed by atoms with Crippen molar-refractivity contribution < 1.29 is 9.53 Å². The van der Waals surface area contributed by atoms with Crippen molar-refractivity contribution in [2.45, 2.75) is 25.3 Å². The Morgan fingerprint density at radius 3 is 3.14 bits per heavy atom. The van der Waals surface area contributed by atoms with Gasteiger partial charge >= 0.3 is 0 Å². The van der Waals surface area contributed by atoms with E-state index in [4.69, 9.17) is 10.5 Å². The van der Waals surface area contributed by atoms with Crippen LogP contribution < -0.4 is 5.73 Å². The summed E-state index contributed by atoms with van der Waals surface area (Å²) >= 11 is 0. The van der Waals surface area contributed by atoms with E-state index >= 15 is 0 Å². The molecule has 2 rings (SSSR count). The van der Waals surface area contributed by atoms with Crippen molar-refractivity contribution in [3.63, 3.8) is 0 Å². The molecule has 4 heteroatoms. The summed E-state index contributed by atoms with van der Waals surface area (Å²) in [6.07, 6.45) is 3.53. The van der Waals surface area contributed by atoms with Crippen molar-refractivity contribution in [3.05, 3.63) is 0 Å². The Balaban J connectivity index is 2.08. The highest BCUT2D eigenvalue weighted by Crippen LogP contribution is 2.31. The summed E-state index contributed by atoms with van der Waals surface area (Å²) in [5.74, 6) is 0.625. The van der Waals surface area contributed by atoms with Crippen LogP contribution in [0.25, 0.3) is 0 Å². The lowest BCUT2D eigenvalue weighted by Gasteiger charge is -2.29. The number of ether oxygens (including phenoxy) is 1. The molecule has 1 aliphatic heterocycles. The van der Waals surface area contributed by atoms with Gasteiger partial charge in [0.2, 0.25) is 5.91 Å². The highest BCUT2D eigenvalue weighted by molar-refractivity contribution is 5.78. The Kier molecular flexibility index (Phi) is 3.03. The minimum absolute atomic E-state index is 0.0763. The number of fused-ring (bicyclic) bond motifs is 1. The Morgan fingerprint density at radius 2 is 2.36 bits per heavy atom. The fraction of sp³-hybridized carbons (Fsp3) is 0.900. The highest BCUT2D eigenvalue weighted by atomic mass is 16.5. The van der Waals surface area contributed by atoms with Crippen LogP contribution in [0.3, 0.4) is 0 Å². The molecule has 2 atom stereocenters. The monoisotopic (exact) mass is 198 g/mol. The zero-order valence-electron chi connectivity index (χ0n) is 8.45. The maximum Gasteiger partial charge on any atom is 0.236 e. The first-order valence-corrected chi connectivity index (χ1v) is 5.40. The first-order valence-electron chi connectivity index (χ1n) is 5.40. The van der Waals surface area contributed by atoms with Crippen LogP contribution in [0.5, 0.6) is 0 Å². The third-order valence-electron chi connectivity index (χ3n) is 3.32. The second-order valence-electron chi connectivity index (χ2n) is 4.12. The third-order valence-corrected chi connectivity index (χ3v) is 3.32. The molecular formula is C10H18N2O2. The second-order valence-corrected chi connectivity index (χ2v) is 4.12. The van der Waals surface area contributed by atoms with E-state index in [1.807, 2.05) is 4.90 Å². The SMILES string of the molecule is NCC(=O)N1CCOC[C@@H]2CCC[C@H]21. The molecular weight excluding hydrogens is 180 g/mol. The molecule has 0 unspecified atom stereocenters. The van der Waals surface area contributed by atoms with Gasteiger partial charge in [-0.2, -0.15) is 0 Å². The first kappa shape index (κ1) is 9.93. The summed E-state index contributed by atoms with van der Waals surface area (Å²) in [7, 11) is 0. The lowest BCUT2D eigenvalue weighted by molar-refractivity contribution is -0.132. The van der Waals surface area contributed by atoms with E-state index in [0.717, 1.165) is 19.6 Å². The smallest absolute Gasteiger partial charge is 0.236 e. The van der Waals surface area contributed by atoms with Crippen LogP contribution in [0.15, 0.2) is 0 Å². The minimum atomic E-state index is 0.0763. The number of hydrogen-bond donors (Lipinski definition) is 1. The van der Waals surface area contributed by atoms with Crippen LogP contribution in [0, 0.1) is 5.92 Å². The van der Waals surface area contributed by atoms with Gasteiger partial charge < -0.3 is 15.4 Å². The Bertz CT molecular complexity index is 220. The van der Waals surface area contributed by atoms with Gasteiger partial charge in [-0.1, -0.05) is 6.42 Å². The molecule has 1 saturated heterocycles. The lowest BCUT2D eigenvalue weighted by Crippen LogP contribution is -2.45. The summed E-state index contributed by atoms with van der Waals surface area (Å²) in [6, 6.07) is 0.397. The molecule has 1 saturated carbocycles. The van der Waals surface area contributed by atoms with Crippen LogP contribution in [-0.4, -0.2) is 43.2 Å². The number of carbonyl (C=O) groups is 1. The van der Waals surface area contributed by atoms with E-state index in [1.165, 1.54) is 12.8 Å². The molecule has 1 aliphatic carbocycles. The first-order chi connectivity index (χ1) is 6.83. The van der Waals surface area contributed by atoms with Gasteiger partial charge in [0.05, 0.1) is 19.8 Å². The van der Waals surface area contributed by atoms with Gasteiger partial charge in [-0.3, -0.25) is 4.79 Å². The average Bonchev–Trinajstić information content (AvgIpc) is 2.57. The number of nitrogens with zero attached hydrogens (tertiary/aromatic N) is 1. The maximum absolute atomic E-state index is 11.6. The standard InChI is InChI=1S/C10H18N2O2/c11-6-10(13)12-4-5-14-7-8-2-1-3-9(8)12/h8-9H,1-7,11H2/t8-,9+/m0/s1. The van der Waals surface area contributed by atoms with Gasteiger partial charge in [-0.25, -0.2) is 0 Å². The van der Waals surface area contributed by atoms with Gasteiger partial charge in [-0.05, 0) is 12.8 Å². The summed E-state index contributed by atoms with van der Waals surface area (Å²) in [4.78, 5) is 13.5. The van der Waals surface area contributed by atoms with Gasteiger partial charge in [0.25, 0.3) is 0 Å². The Morgan fingerprint density at radius 1 is 1.50 bits per heavy atom. The Hall–Kier alpha value is -0.610. The van der Waals surface area contributed by atoms with E-state index in [-0.39, 0.29) is 12.5 Å². The number of amides is 1. The summed E-state index contributed by atoms with van der Waals surface area (Å²) in [5, 5.41) is 0. The van der Waals surface area contributed by atoms with E-state index in [0.29, 0.717) is 18.6 Å². The van der Waals surface area contributed by atoms with Crippen LogP contribution in [0.4, 0.5) is 0 Å². The van der Waals surface area contributed by atoms with E-state index < -0.39 is 0 Å². The molecule has 0 radical (unpaired) electrons. The van der Waals surface area contributed by atoms with Gasteiger partial charge in [-0.15, -0.1) is 0 Å². The molecule has 4 nitrogen and oxygen atoms in total. The minimum Gasteiger partial charge on any atom is -0.379 e. The second kappa shape index (κ2) is 4.28. The predicted molar refractivity (Wildman–Crippen MR) is 52.7 cm³/mol. The fourth-order valence-electron chi connectivity index (χ4n) is 2.61. The van der Waals surface area contributed by atoms with Gasteiger partial charge in [0.1, 0.15) is 0 Å². The molecule has 14 heavy (non-hydrogen) atoms. The van der Waals surface area contributed by atoms with Gasteiger partial charge in [0, 0.05) is 18.5 Å². The van der Waals surface area contributed by atoms with Crippen molar-refractivity contribution in [2.24, 2.45) is 11.7 Å². The van der Waals surface area contributed by atoms with Gasteiger partial charge in [0.15, 0.2) is 0 Å². The summed E-state index contributed by atoms with van der Waals surface area (Å²) in [5.41, 5.74) is 5.40. The van der Waals surface area contributed by atoms with Crippen molar-refractivity contribution in [1.82, 2.24) is 4.90 Å². The fourth-order valence-corrected chi connectivity index (χ4v) is 2.61. The molecule has 0 aromatic heterocycles. The van der Waals surface area contributed by atoms with Crippen molar-refractivity contribution in [1.29, 1.82) is 0 Å². The summed E-state index contributed by atoms with van der Waals surface area (Å²) < 4.78 is 5.50. The molecule has 0 spiro atoms. The molecule has 80 valence electrons. The zero-order chi connectivity index (χ0) is 9.97. The maximum atomic E-state index is 11.6. The quantitative estimate of drug-likeness (QED) is 0.644. The molecule has 0 aromatic carbocycles. The number of hydrogen-bond acceptors (Lipinski definition) is 3. The molecule has 2 N–H and O–H groups in total. The topological polar surface area (TPSA) is 55.6 Å². The molecule has 1 amide bonds. The van der Waals surface area contributed by atoms with Crippen LogP contribution in [0.2, 0.25) is 0 Å². The van der Waals surface area contributed by atoms with Crippen molar-refractivity contribution >= 4 is 5.91 Å². The van der Waals surface area contributed by atoms with E-state index in [9.17, 15) is 4.79 Å². The van der Waals surface area contributed by atoms with Crippen molar-refractivity contribution in [3.8, 4) is 0 Å². The molecule has 0 aromatic rings. The lowest BCUT2D eigenvalue weighted by atomic mass is 10.0. The zero-order valence-corrected chi connectivity index (χ0v) is 8.45. The van der Waals surface area contributed by atoms with Crippen LogP contribution in [0.1, 0.15) is 19.3 Å². The average molecular weight is 198 g/mol. The number of rotatable bonds is 1. The Labute approximate surface area is 84.4 Å². The van der Waals surface area contributed by atoms with E-state index in [2.05, 4.69) is 0 Å². The van der Waals surface area contributed by atoms with Crippen LogP contribution >= 0.6 is 0 Å².